The number of carbonyl (C=O) groups excluding carboxylic acids is 1. The summed E-state index contributed by atoms with van der Waals surface area (Å²) in [6, 6.07) is 0. The Hall–Kier alpha value is -0.610. The van der Waals surface area contributed by atoms with Crippen molar-refractivity contribution in [1.29, 1.82) is 0 Å². The molecule has 0 aromatic rings. The molecule has 0 bridgehead atoms. The third-order valence-electron chi connectivity index (χ3n) is 1.87. The lowest BCUT2D eigenvalue weighted by molar-refractivity contribution is -0.149. The van der Waals surface area contributed by atoms with Crippen molar-refractivity contribution in [3.05, 3.63) is 0 Å². The van der Waals surface area contributed by atoms with Gasteiger partial charge in [0.2, 0.25) is 0 Å². The predicted molar refractivity (Wildman–Crippen MR) is 54.9 cm³/mol. The first-order valence-electron chi connectivity index (χ1n) is 5.16. The van der Waals surface area contributed by atoms with Crippen molar-refractivity contribution < 1.29 is 14.3 Å². The van der Waals surface area contributed by atoms with Crippen LogP contribution in [-0.2, 0) is 14.3 Å². The van der Waals surface area contributed by atoms with E-state index < -0.39 is 0 Å². The van der Waals surface area contributed by atoms with E-state index in [0.717, 1.165) is 19.4 Å². The fourth-order valence-electron chi connectivity index (χ4n) is 0.788. The largest absolute Gasteiger partial charge is 0.463 e. The molecule has 0 aliphatic carbocycles. The molecule has 1 unspecified atom stereocenters. The van der Waals surface area contributed by atoms with E-state index in [2.05, 4.69) is 6.92 Å². The molecule has 0 rings (SSSR count). The summed E-state index contributed by atoms with van der Waals surface area (Å²) in [7, 11) is 0. The third kappa shape index (κ3) is 6.86. The lowest BCUT2D eigenvalue weighted by Gasteiger charge is -2.09. The maximum Gasteiger partial charge on any atom is 0.310 e. The van der Waals surface area contributed by atoms with Gasteiger partial charge in [-0.25, -0.2) is 0 Å². The number of esters is 1. The molecular formula is C10H21NO3. The minimum absolute atomic E-state index is 0.217. The first-order valence-corrected chi connectivity index (χ1v) is 5.16. The molecule has 0 heterocycles. The Labute approximate surface area is 85.8 Å². The van der Waals surface area contributed by atoms with E-state index >= 15 is 0 Å². The van der Waals surface area contributed by atoms with Crippen LogP contribution in [0, 0.1) is 5.92 Å². The lowest BCUT2D eigenvalue weighted by Crippen LogP contribution is -2.24. The number of unbranched alkanes of at least 4 members (excludes halogenated alkanes) is 1. The van der Waals surface area contributed by atoms with Gasteiger partial charge in [-0.1, -0.05) is 20.3 Å². The molecule has 0 saturated heterocycles. The summed E-state index contributed by atoms with van der Waals surface area (Å²) < 4.78 is 10.2. The van der Waals surface area contributed by atoms with Gasteiger partial charge in [-0.3, -0.25) is 4.79 Å². The van der Waals surface area contributed by atoms with Gasteiger partial charge in [0.05, 0.1) is 12.5 Å². The van der Waals surface area contributed by atoms with E-state index in [-0.39, 0.29) is 11.9 Å². The normalized spacial score (nSPS) is 12.5. The zero-order chi connectivity index (χ0) is 10.8. The Morgan fingerprint density at radius 1 is 1.36 bits per heavy atom. The summed E-state index contributed by atoms with van der Waals surface area (Å²) in [6.07, 6.45) is 2.16. The first kappa shape index (κ1) is 13.4. The maximum absolute atomic E-state index is 11.1. The highest BCUT2D eigenvalue weighted by atomic mass is 16.6. The topological polar surface area (TPSA) is 61.5 Å². The van der Waals surface area contributed by atoms with Crippen LogP contribution in [0.15, 0.2) is 0 Å². The highest BCUT2D eigenvalue weighted by molar-refractivity contribution is 5.72. The summed E-state index contributed by atoms with van der Waals surface area (Å²) in [5.41, 5.74) is 5.31. The molecule has 4 nitrogen and oxygen atoms in total. The first-order chi connectivity index (χ1) is 6.72. The highest BCUT2D eigenvalue weighted by Gasteiger charge is 2.11. The van der Waals surface area contributed by atoms with Gasteiger partial charge < -0.3 is 15.2 Å². The summed E-state index contributed by atoms with van der Waals surface area (Å²) in [6.45, 7) is 5.72. The van der Waals surface area contributed by atoms with Crippen molar-refractivity contribution in [3.8, 4) is 0 Å². The van der Waals surface area contributed by atoms with Gasteiger partial charge in [0, 0.05) is 13.2 Å². The molecule has 0 aliphatic rings. The monoisotopic (exact) mass is 203 g/mol. The number of hydrogen-bond acceptors (Lipinski definition) is 4. The van der Waals surface area contributed by atoms with E-state index in [4.69, 9.17) is 15.2 Å². The van der Waals surface area contributed by atoms with Crippen molar-refractivity contribution in [1.82, 2.24) is 0 Å². The molecule has 0 aromatic heterocycles. The molecule has 0 aromatic carbocycles. The third-order valence-corrected chi connectivity index (χ3v) is 1.87. The molecule has 0 amide bonds. The molecule has 84 valence electrons. The number of nitrogens with two attached hydrogens (primary N) is 1. The van der Waals surface area contributed by atoms with Crippen LogP contribution in [0.5, 0.6) is 0 Å². The van der Waals surface area contributed by atoms with Crippen LogP contribution >= 0.6 is 0 Å². The Morgan fingerprint density at radius 2 is 2.07 bits per heavy atom. The van der Waals surface area contributed by atoms with Crippen molar-refractivity contribution in [2.75, 3.05) is 26.4 Å². The van der Waals surface area contributed by atoms with E-state index in [1.807, 2.05) is 0 Å². The Kier molecular flexibility index (Phi) is 8.57. The highest BCUT2D eigenvalue weighted by Crippen LogP contribution is 1.95. The average Bonchev–Trinajstić information content (AvgIpc) is 2.21. The minimum Gasteiger partial charge on any atom is -0.463 e. The Balaban J connectivity index is 3.23. The fourth-order valence-corrected chi connectivity index (χ4v) is 0.788. The van der Waals surface area contributed by atoms with Crippen LogP contribution < -0.4 is 5.73 Å². The number of hydrogen-bond donors (Lipinski definition) is 1. The maximum atomic E-state index is 11.1. The SMILES string of the molecule is CCCCOCCOC(=O)C(C)CN. The zero-order valence-corrected chi connectivity index (χ0v) is 9.12. The van der Waals surface area contributed by atoms with Crippen molar-refractivity contribution in [2.45, 2.75) is 26.7 Å². The molecule has 0 fully saturated rings. The van der Waals surface area contributed by atoms with Crippen molar-refractivity contribution in [3.63, 3.8) is 0 Å². The Morgan fingerprint density at radius 3 is 2.64 bits per heavy atom. The predicted octanol–water partition coefficient (Wildman–Crippen LogP) is 0.941. The van der Waals surface area contributed by atoms with E-state index in [0.29, 0.717) is 19.8 Å². The standard InChI is InChI=1S/C10H21NO3/c1-3-4-5-13-6-7-14-10(12)9(2)8-11/h9H,3-8,11H2,1-2H3. The van der Waals surface area contributed by atoms with Crippen LogP contribution in [0.4, 0.5) is 0 Å². The molecule has 0 aliphatic heterocycles. The van der Waals surface area contributed by atoms with Crippen molar-refractivity contribution >= 4 is 5.97 Å². The quantitative estimate of drug-likeness (QED) is 0.471. The lowest BCUT2D eigenvalue weighted by atomic mass is 10.2. The Bertz CT molecular complexity index is 150. The summed E-state index contributed by atoms with van der Waals surface area (Å²) in [5, 5.41) is 0. The van der Waals surface area contributed by atoms with Gasteiger partial charge in [-0.15, -0.1) is 0 Å². The van der Waals surface area contributed by atoms with Gasteiger partial charge in [-0.2, -0.15) is 0 Å². The smallest absolute Gasteiger partial charge is 0.310 e. The number of ether oxygens (including phenoxy) is 2. The van der Waals surface area contributed by atoms with Gasteiger partial charge >= 0.3 is 5.97 Å². The van der Waals surface area contributed by atoms with Gasteiger partial charge in [-0.05, 0) is 6.42 Å². The number of carbonyl (C=O) groups is 1. The van der Waals surface area contributed by atoms with Gasteiger partial charge in [0.1, 0.15) is 6.61 Å². The fraction of sp³-hybridized carbons (Fsp3) is 0.900. The van der Waals surface area contributed by atoms with Gasteiger partial charge in [0.15, 0.2) is 0 Å². The van der Waals surface area contributed by atoms with Crippen LogP contribution in [-0.4, -0.2) is 32.3 Å². The van der Waals surface area contributed by atoms with Crippen LogP contribution in [0.1, 0.15) is 26.7 Å². The summed E-state index contributed by atoms with van der Waals surface area (Å²) in [5.74, 6) is -0.461. The second-order valence-electron chi connectivity index (χ2n) is 3.27. The molecule has 4 heteroatoms. The second kappa shape index (κ2) is 8.97. The molecule has 0 spiro atoms. The minimum atomic E-state index is -0.244. The van der Waals surface area contributed by atoms with E-state index in [9.17, 15) is 4.79 Å². The van der Waals surface area contributed by atoms with E-state index in [1.165, 1.54) is 0 Å². The summed E-state index contributed by atoms with van der Waals surface area (Å²) in [4.78, 5) is 11.1. The second-order valence-corrected chi connectivity index (χ2v) is 3.27. The summed E-state index contributed by atoms with van der Waals surface area (Å²) >= 11 is 0. The van der Waals surface area contributed by atoms with Crippen molar-refractivity contribution in [2.24, 2.45) is 11.7 Å². The molecule has 0 saturated carbocycles. The molecule has 14 heavy (non-hydrogen) atoms. The zero-order valence-electron chi connectivity index (χ0n) is 9.12. The van der Waals surface area contributed by atoms with Crippen LogP contribution in [0.2, 0.25) is 0 Å². The average molecular weight is 203 g/mol. The molecule has 1 atom stereocenters. The molecule has 2 N–H and O–H groups in total. The number of rotatable bonds is 8. The molecular weight excluding hydrogens is 182 g/mol. The van der Waals surface area contributed by atoms with E-state index in [1.54, 1.807) is 6.92 Å². The van der Waals surface area contributed by atoms with Gasteiger partial charge in [0.25, 0.3) is 0 Å². The molecule has 0 radical (unpaired) electrons. The van der Waals surface area contributed by atoms with Crippen LogP contribution in [0.3, 0.4) is 0 Å². The van der Waals surface area contributed by atoms with Crippen LogP contribution in [0.25, 0.3) is 0 Å².